The molecular formula is C25H36N2O2. The quantitative estimate of drug-likeness (QED) is 0.745. The number of nitrogens with zero attached hydrogens (tertiary/aromatic N) is 2. The van der Waals surface area contributed by atoms with Crippen LogP contribution < -0.4 is 0 Å². The van der Waals surface area contributed by atoms with Crippen LogP contribution in [0.5, 0.6) is 0 Å². The van der Waals surface area contributed by atoms with Gasteiger partial charge in [-0.1, -0.05) is 49.6 Å². The molecule has 2 heterocycles. The van der Waals surface area contributed by atoms with Gasteiger partial charge in [0.2, 0.25) is 11.8 Å². The number of carbonyl (C=O) groups excluding carboxylic acids is 2. The van der Waals surface area contributed by atoms with Gasteiger partial charge >= 0.3 is 0 Å². The van der Waals surface area contributed by atoms with E-state index >= 15 is 0 Å². The number of amides is 2. The molecule has 2 saturated heterocycles. The highest BCUT2D eigenvalue weighted by Gasteiger charge is 2.37. The molecule has 0 spiro atoms. The van der Waals surface area contributed by atoms with Crippen molar-refractivity contribution in [2.24, 2.45) is 17.8 Å². The molecule has 4 rings (SSSR count). The SMILES string of the molecule is O=C(C1CCCC1)N1CCC([C@H]2CCCCN(CCc3ccccc3)C2=O)CC1. The van der Waals surface area contributed by atoms with E-state index in [2.05, 4.69) is 34.1 Å². The van der Waals surface area contributed by atoms with Crippen molar-refractivity contribution in [2.45, 2.75) is 64.2 Å². The van der Waals surface area contributed by atoms with Crippen LogP contribution in [0.4, 0.5) is 0 Å². The van der Waals surface area contributed by atoms with Gasteiger partial charge in [0, 0.05) is 38.0 Å². The van der Waals surface area contributed by atoms with Gasteiger partial charge < -0.3 is 9.80 Å². The molecular weight excluding hydrogens is 360 g/mol. The molecule has 1 aromatic rings. The van der Waals surface area contributed by atoms with E-state index in [-0.39, 0.29) is 11.8 Å². The Morgan fingerprint density at radius 2 is 1.55 bits per heavy atom. The highest BCUT2D eigenvalue weighted by molar-refractivity contribution is 5.80. The summed E-state index contributed by atoms with van der Waals surface area (Å²) >= 11 is 0. The van der Waals surface area contributed by atoms with Gasteiger partial charge in [-0.2, -0.15) is 0 Å². The Balaban J connectivity index is 1.31. The topological polar surface area (TPSA) is 40.6 Å². The van der Waals surface area contributed by atoms with Crippen molar-refractivity contribution in [3.8, 4) is 0 Å². The third-order valence-corrected chi connectivity index (χ3v) is 7.46. The molecule has 1 aromatic carbocycles. The van der Waals surface area contributed by atoms with E-state index in [0.717, 1.165) is 77.5 Å². The summed E-state index contributed by atoms with van der Waals surface area (Å²) in [7, 11) is 0. The van der Waals surface area contributed by atoms with Crippen LogP contribution in [0.2, 0.25) is 0 Å². The molecule has 1 aliphatic carbocycles. The fourth-order valence-corrected chi connectivity index (χ4v) is 5.66. The van der Waals surface area contributed by atoms with E-state index in [0.29, 0.717) is 17.7 Å². The van der Waals surface area contributed by atoms with Crippen LogP contribution in [0.1, 0.15) is 63.4 Å². The number of hydrogen-bond donors (Lipinski definition) is 0. The summed E-state index contributed by atoms with van der Waals surface area (Å²) in [6.45, 7) is 3.45. The molecule has 2 amide bonds. The zero-order valence-corrected chi connectivity index (χ0v) is 17.7. The van der Waals surface area contributed by atoms with E-state index in [1.807, 2.05) is 6.07 Å². The molecule has 0 unspecified atom stereocenters. The zero-order valence-electron chi connectivity index (χ0n) is 17.7. The van der Waals surface area contributed by atoms with Crippen molar-refractivity contribution in [2.75, 3.05) is 26.2 Å². The second-order valence-corrected chi connectivity index (χ2v) is 9.31. The van der Waals surface area contributed by atoms with Gasteiger partial charge in [0.15, 0.2) is 0 Å². The lowest BCUT2D eigenvalue weighted by molar-refractivity contribution is -0.139. The number of benzene rings is 1. The molecule has 3 fully saturated rings. The summed E-state index contributed by atoms with van der Waals surface area (Å²) in [4.78, 5) is 30.3. The summed E-state index contributed by atoms with van der Waals surface area (Å²) in [5.74, 6) is 1.65. The minimum Gasteiger partial charge on any atom is -0.342 e. The van der Waals surface area contributed by atoms with Crippen LogP contribution in [0.3, 0.4) is 0 Å². The second kappa shape index (κ2) is 9.77. The van der Waals surface area contributed by atoms with E-state index in [4.69, 9.17) is 0 Å². The summed E-state index contributed by atoms with van der Waals surface area (Å²) in [5, 5.41) is 0. The molecule has 158 valence electrons. The van der Waals surface area contributed by atoms with Gasteiger partial charge in [-0.25, -0.2) is 0 Å². The van der Waals surface area contributed by atoms with Gasteiger partial charge in [0.05, 0.1) is 0 Å². The van der Waals surface area contributed by atoms with Gasteiger partial charge in [-0.05, 0) is 56.4 Å². The Hall–Kier alpha value is -1.84. The smallest absolute Gasteiger partial charge is 0.225 e. The standard InChI is InChI=1S/C25H36N2O2/c28-24(22-10-4-5-11-22)27-18-14-21(15-19-27)23-12-6-7-16-26(25(23)29)17-13-20-8-2-1-3-9-20/h1-3,8-9,21-23H,4-7,10-19H2/t23-/m1/s1. The van der Waals surface area contributed by atoms with Crippen molar-refractivity contribution in [1.29, 1.82) is 0 Å². The first-order valence-electron chi connectivity index (χ1n) is 11.8. The minimum atomic E-state index is 0.164. The highest BCUT2D eigenvalue weighted by atomic mass is 16.2. The first-order chi connectivity index (χ1) is 14.2. The first-order valence-corrected chi connectivity index (χ1v) is 11.8. The number of likely N-dealkylation sites (tertiary alicyclic amines) is 2. The second-order valence-electron chi connectivity index (χ2n) is 9.31. The van der Waals surface area contributed by atoms with Gasteiger partial charge in [-0.3, -0.25) is 9.59 Å². The molecule has 4 nitrogen and oxygen atoms in total. The predicted octanol–water partition coefficient (Wildman–Crippen LogP) is 4.29. The number of hydrogen-bond acceptors (Lipinski definition) is 2. The van der Waals surface area contributed by atoms with E-state index in [1.165, 1.54) is 18.4 Å². The molecule has 0 radical (unpaired) electrons. The average Bonchev–Trinajstić information content (AvgIpc) is 3.24. The van der Waals surface area contributed by atoms with Crippen molar-refractivity contribution in [1.82, 2.24) is 9.80 Å². The Labute approximate surface area is 175 Å². The third kappa shape index (κ3) is 5.02. The normalized spacial score (nSPS) is 24.7. The van der Waals surface area contributed by atoms with E-state index in [1.54, 1.807) is 0 Å². The zero-order chi connectivity index (χ0) is 20.1. The number of rotatable bonds is 5. The van der Waals surface area contributed by atoms with Crippen molar-refractivity contribution >= 4 is 11.8 Å². The van der Waals surface area contributed by atoms with Crippen LogP contribution in [0.15, 0.2) is 30.3 Å². The Morgan fingerprint density at radius 1 is 0.862 bits per heavy atom. The van der Waals surface area contributed by atoms with Gasteiger partial charge in [0.1, 0.15) is 0 Å². The summed E-state index contributed by atoms with van der Waals surface area (Å²) in [6, 6.07) is 10.5. The van der Waals surface area contributed by atoms with Crippen LogP contribution >= 0.6 is 0 Å². The Kier molecular flexibility index (Phi) is 6.89. The summed E-state index contributed by atoms with van der Waals surface area (Å²) in [5.41, 5.74) is 1.31. The predicted molar refractivity (Wildman–Crippen MR) is 115 cm³/mol. The fraction of sp³-hybridized carbons (Fsp3) is 0.680. The molecule has 2 aliphatic heterocycles. The molecule has 29 heavy (non-hydrogen) atoms. The molecule has 1 saturated carbocycles. The van der Waals surface area contributed by atoms with Crippen LogP contribution in [0.25, 0.3) is 0 Å². The molecule has 3 aliphatic rings. The monoisotopic (exact) mass is 396 g/mol. The highest BCUT2D eigenvalue weighted by Crippen LogP contribution is 2.34. The number of carbonyl (C=O) groups is 2. The van der Waals surface area contributed by atoms with E-state index < -0.39 is 0 Å². The van der Waals surface area contributed by atoms with Crippen LogP contribution in [-0.4, -0.2) is 47.8 Å². The Bertz CT molecular complexity index is 675. The fourth-order valence-electron chi connectivity index (χ4n) is 5.66. The summed E-state index contributed by atoms with van der Waals surface area (Å²) < 4.78 is 0. The van der Waals surface area contributed by atoms with Crippen molar-refractivity contribution in [3.05, 3.63) is 35.9 Å². The van der Waals surface area contributed by atoms with Gasteiger partial charge in [-0.15, -0.1) is 0 Å². The average molecular weight is 397 g/mol. The number of piperidine rings is 1. The third-order valence-electron chi connectivity index (χ3n) is 7.46. The largest absolute Gasteiger partial charge is 0.342 e. The molecule has 0 bridgehead atoms. The molecule has 4 heteroatoms. The maximum absolute atomic E-state index is 13.3. The lowest BCUT2D eigenvalue weighted by Crippen LogP contribution is -2.45. The van der Waals surface area contributed by atoms with Crippen LogP contribution in [0, 0.1) is 17.8 Å². The first kappa shape index (κ1) is 20.4. The maximum atomic E-state index is 13.3. The lowest BCUT2D eigenvalue weighted by atomic mass is 9.81. The van der Waals surface area contributed by atoms with Crippen LogP contribution in [-0.2, 0) is 16.0 Å². The van der Waals surface area contributed by atoms with Crippen molar-refractivity contribution in [3.63, 3.8) is 0 Å². The minimum absolute atomic E-state index is 0.164. The Morgan fingerprint density at radius 3 is 2.28 bits per heavy atom. The van der Waals surface area contributed by atoms with Crippen molar-refractivity contribution < 1.29 is 9.59 Å². The maximum Gasteiger partial charge on any atom is 0.225 e. The van der Waals surface area contributed by atoms with E-state index in [9.17, 15) is 9.59 Å². The molecule has 0 N–H and O–H groups in total. The summed E-state index contributed by atoms with van der Waals surface area (Å²) in [6.07, 6.45) is 10.8. The van der Waals surface area contributed by atoms with Gasteiger partial charge in [0.25, 0.3) is 0 Å². The molecule has 1 atom stereocenters. The molecule has 0 aromatic heterocycles. The lowest BCUT2D eigenvalue weighted by Gasteiger charge is -2.37.